The van der Waals surface area contributed by atoms with Crippen LogP contribution in [0.3, 0.4) is 0 Å². The van der Waals surface area contributed by atoms with Crippen LogP contribution in [0.1, 0.15) is 50.8 Å². The zero-order chi connectivity index (χ0) is 23.8. The molecule has 4 saturated carbocycles. The Morgan fingerprint density at radius 3 is 2.46 bits per heavy atom. The average Bonchev–Trinajstić information content (AvgIpc) is 3.19. The second-order valence-electron chi connectivity index (χ2n) is 11.0. The van der Waals surface area contributed by atoms with Crippen LogP contribution in [0.15, 0.2) is 48.5 Å². The molecular weight excluding hydrogens is 458 g/mol. The molecule has 5 nitrogen and oxygen atoms in total. The second kappa shape index (κ2) is 9.50. The number of hydrogen-bond donors (Lipinski definition) is 1. The number of amides is 1. The Morgan fingerprint density at radius 1 is 1.03 bits per heavy atom. The highest BCUT2D eigenvalue weighted by atomic mass is 35.5. The molecular formula is C29H34ClN3O2. The van der Waals surface area contributed by atoms with Gasteiger partial charge in [-0.3, -0.25) is 4.79 Å². The van der Waals surface area contributed by atoms with Gasteiger partial charge in [-0.05, 0) is 87.0 Å². The van der Waals surface area contributed by atoms with E-state index >= 15 is 0 Å². The number of aryl methyl sites for hydroxylation is 1. The van der Waals surface area contributed by atoms with Gasteiger partial charge in [0, 0.05) is 24.9 Å². The van der Waals surface area contributed by atoms with Crippen molar-refractivity contribution in [2.24, 2.45) is 23.2 Å². The van der Waals surface area contributed by atoms with E-state index in [1.165, 1.54) is 19.3 Å². The molecule has 0 aliphatic heterocycles. The number of aromatic nitrogens is 2. The van der Waals surface area contributed by atoms with Crippen LogP contribution < -0.4 is 10.1 Å². The lowest BCUT2D eigenvalue weighted by molar-refractivity contribution is -0.146. The van der Waals surface area contributed by atoms with Crippen LogP contribution in [0.5, 0.6) is 5.75 Å². The molecule has 1 amide bonds. The largest absolute Gasteiger partial charge is 0.492 e. The highest BCUT2D eigenvalue weighted by molar-refractivity contribution is 6.32. The first-order valence-corrected chi connectivity index (χ1v) is 13.6. The summed E-state index contributed by atoms with van der Waals surface area (Å²) in [5.74, 6) is 4.39. The van der Waals surface area contributed by atoms with E-state index in [-0.39, 0.29) is 5.41 Å². The number of benzene rings is 2. The Bertz CT molecular complexity index is 1180. The average molecular weight is 492 g/mol. The van der Waals surface area contributed by atoms with Crippen molar-refractivity contribution in [3.05, 3.63) is 59.4 Å². The van der Waals surface area contributed by atoms with Crippen LogP contribution in [0.2, 0.25) is 5.02 Å². The molecule has 4 aliphatic rings. The molecule has 4 fully saturated rings. The van der Waals surface area contributed by atoms with Crippen LogP contribution in [0, 0.1) is 23.2 Å². The normalized spacial score (nSPS) is 26.8. The fourth-order valence-electron chi connectivity index (χ4n) is 7.40. The van der Waals surface area contributed by atoms with Crippen molar-refractivity contribution in [2.45, 2.75) is 57.9 Å². The van der Waals surface area contributed by atoms with Crippen LogP contribution in [-0.4, -0.2) is 28.6 Å². The number of halogens is 1. The van der Waals surface area contributed by atoms with E-state index in [1.54, 1.807) is 0 Å². The first-order chi connectivity index (χ1) is 17.1. The Balaban J connectivity index is 1.09. The van der Waals surface area contributed by atoms with Crippen LogP contribution in [-0.2, 0) is 17.8 Å². The molecule has 1 heterocycles. The van der Waals surface area contributed by atoms with E-state index < -0.39 is 0 Å². The Hall–Kier alpha value is -2.53. The number of hydrogen-bond acceptors (Lipinski definition) is 3. The highest BCUT2D eigenvalue weighted by Gasteiger charge is 2.54. The van der Waals surface area contributed by atoms with Crippen LogP contribution >= 0.6 is 11.6 Å². The predicted octanol–water partition coefficient (Wildman–Crippen LogP) is 6.03. The molecule has 0 saturated heterocycles. The summed E-state index contributed by atoms with van der Waals surface area (Å²) < 4.78 is 8.17. The van der Waals surface area contributed by atoms with Crippen molar-refractivity contribution in [1.29, 1.82) is 0 Å². The van der Waals surface area contributed by atoms with Gasteiger partial charge in [0.1, 0.15) is 11.6 Å². The second-order valence-corrected chi connectivity index (χ2v) is 11.4. The summed E-state index contributed by atoms with van der Waals surface area (Å²) in [5.41, 5.74) is 2.04. The number of rotatable bonds is 9. The summed E-state index contributed by atoms with van der Waals surface area (Å²) in [6.07, 6.45) is 8.97. The van der Waals surface area contributed by atoms with Gasteiger partial charge in [0.2, 0.25) is 5.91 Å². The maximum absolute atomic E-state index is 13.4. The predicted molar refractivity (Wildman–Crippen MR) is 139 cm³/mol. The molecule has 35 heavy (non-hydrogen) atoms. The molecule has 4 bridgehead atoms. The van der Waals surface area contributed by atoms with E-state index in [9.17, 15) is 4.79 Å². The summed E-state index contributed by atoms with van der Waals surface area (Å²) in [6, 6.07) is 15.8. The van der Waals surface area contributed by atoms with Crippen molar-refractivity contribution < 1.29 is 9.53 Å². The smallest absolute Gasteiger partial charge is 0.226 e. The molecule has 0 radical (unpaired) electrons. The minimum Gasteiger partial charge on any atom is -0.492 e. The van der Waals surface area contributed by atoms with Crippen molar-refractivity contribution in [2.75, 3.05) is 13.2 Å². The molecule has 0 spiro atoms. The summed E-state index contributed by atoms with van der Waals surface area (Å²) in [6.45, 7) is 2.03. The first-order valence-electron chi connectivity index (χ1n) is 13.2. The zero-order valence-electron chi connectivity index (χ0n) is 20.2. The molecule has 1 N–H and O–H groups in total. The lowest BCUT2D eigenvalue weighted by Crippen LogP contribution is -2.53. The molecule has 3 aromatic rings. The number of imidazole rings is 1. The van der Waals surface area contributed by atoms with Gasteiger partial charge in [-0.1, -0.05) is 35.9 Å². The Morgan fingerprint density at radius 2 is 1.71 bits per heavy atom. The summed E-state index contributed by atoms with van der Waals surface area (Å²) in [7, 11) is 0. The van der Waals surface area contributed by atoms with Gasteiger partial charge in [-0.2, -0.15) is 0 Å². The van der Waals surface area contributed by atoms with Crippen molar-refractivity contribution in [3.63, 3.8) is 0 Å². The van der Waals surface area contributed by atoms with E-state index in [1.807, 2.05) is 30.3 Å². The summed E-state index contributed by atoms with van der Waals surface area (Å²) >= 11 is 6.21. The zero-order valence-corrected chi connectivity index (χ0v) is 21.0. The van der Waals surface area contributed by atoms with E-state index in [0.717, 1.165) is 79.0 Å². The summed E-state index contributed by atoms with van der Waals surface area (Å²) in [5, 5.41) is 3.96. The first kappa shape index (κ1) is 22.9. The van der Waals surface area contributed by atoms with Crippen molar-refractivity contribution in [1.82, 2.24) is 14.9 Å². The molecule has 2 aromatic carbocycles. The minimum absolute atomic E-state index is 0.0923. The number of fused-ring (bicyclic) bond motifs is 1. The standard InChI is InChI=1S/C29H34ClN3O2/c30-23-6-1-4-9-26(23)35-13-5-12-33-25-8-3-2-7-24(25)32-27(33)10-11-31-28(34)29-17-20-14-21(18-29)16-22(15-20)19-29/h1-4,6-9,20-22H,5,10-19H2,(H,31,34). The number of carbonyl (C=O) groups excluding carboxylic acids is 1. The van der Waals surface area contributed by atoms with Gasteiger partial charge < -0.3 is 14.6 Å². The van der Waals surface area contributed by atoms with Gasteiger partial charge in [-0.15, -0.1) is 0 Å². The van der Waals surface area contributed by atoms with Gasteiger partial charge in [0.25, 0.3) is 0 Å². The van der Waals surface area contributed by atoms with Gasteiger partial charge in [0.15, 0.2) is 0 Å². The van der Waals surface area contributed by atoms with Crippen LogP contribution in [0.4, 0.5) is 0 Å². The van der Waals surface area contributed by atoms with Gasteiger partial charge in [0.05, 0.1) is 22.7 Å². The molecule has 0 atom stereocenters. The Labute approximate surface area is 212 Å². The summed E-state index contributed by atoms with van der Waals surface area (Å²) in [4.78, 5) is 18.3. The Kier molecular flexibility index (Phi) is 6.21. The van der Waals surface area contributed by atoms with Crippen LogP contribution in [0.25, 0.3) is 11.0 Å². The van der Waals surface area contributed by atoms with Gasteiger partial charge >= 0.3 is 0 Å². The minimum atomic E-state index is -0.0923. The molecule has 1 aromatic heterocycles. The lowest BCUT2D eigenvalue weighted by Gasteiger charge is -2.55. The third-order valence-corrected chi connectivity index (χ3v) is 8.82. The van der Waals surface area contributed by atoms with Crippen molar-refractivity contribution >= 4 is 28.5 Å². The quantitative estimate of drug-likeness (QED) is 0.371. The third-order valence-electron chi connectivity index (χ3n) is 8.51. The van der Waals surface area contributed by atoms with Gasteiger partial charge in [-0.25, -0.2) is 4.98 Å². The number of para-hydroxylation sites is 3. The van der Waals surface area contributed by atoms with E-state index in [0.29, 0.717) is 24.1 Å². The topological polar surface area (TPSA) is 56.2 Å². The number of ether oxygens (including phenoxy) is 1. The fraction of sp³-hybridized carbons (Fsp3) is 0.517. The fourth-order valence-corrected chi connectivity index (χ4v) is 7.59. The monoisotopic (exact) mass is 491 g/mol. The highest BCUT2D eigenvalue weighted by Crippen LogP contribution is 2.60. The maximum atomic E-state index is 13.4. The van der Waals surface area contributed by atoms with E-state index in [2.05, 4.69) is 28.1 Å². The number of nitrogens with zero attached hydrogens (tertiary/aromatic N) is 2. The molecule has 7 rings (SSSR count). The number of nitrogens with one attached hydrogen (secondary N) is 1. The third kappa shape index (κ3) is 4.55. The molecule has 6 heteroatoms. The lowest BCUT2D eigenvalue weighted by atomic mass is 9.49. The maximum Gasteiger partial charge on any atom is 0.226 e. The number of carbonyl (C=O) groups is 1. The molecule has 4 aliphatic carbocycles. The SMILES string of the molecule is O=C(NCCc1nc2ccccc2n1CCCOc1ccccc1Cl)C12CC3CC(CC(C3)C1)C2. The molecule has 184 valence electrons. The molecule has 0 unspecified atom stereocenters. The van der Waals surface area contributed by atoms with E-state index in [4.69, 9.17) is 21.3 Å². The van der Waals surface area contributed by atoms with Crippen molar-refractivity contribution in [3.8, 4) is 5.75 Å².